The van der Waals surface area contributed by atoms with Gasteiger partial charge in [-0.05, 0) is 103 Å². The summed E-state index contributed by atoms with van der Waals surface area (Å²) in [6.07, 6.45) is 50.5. The molecule has 0 aromatic heterocycles. The second kappa shape index (κ2) is 51.2. The molecule has 0 aromatic carbocycles. The molecule has 0 amide bonds. The van der Waals surface area contributed by atoms with Crippen molar-refractivity contribution >= 4 is 23.9 Å². The number of aliphatic carboxylic acids is 1. The first kappa shape index (κ1) is 69.4. The van der Waals surface area contributed by atoms with Crippen LogP contribution in [0.5, 0.6) is 0 Å². The van der Waals surface area contributed by atoms with Gasteiger partial charge in [-0.25, -0.2) is 4.79 Å². The number of ether oxygens (including phenoxy) is 5. The lowest BCUT2D eigenvalue weighted by Crippen LogP contribution is -2.61. The van der Waals surface area contributed by atoms with Crippen LogP contribution < -0.4 is 0 Å². The quantitative estimate of drug-likeness (QED) is 0.0228. The van der Waals surface area contributed by atoms with Crippen LogP contribution in [0.1, 0.15) is 265 Å². The second-order valence-electron chi connectivity index (χ2n) is 20.6. The van der Waals surface area contributed by atoms with Crippen molar-refractivity contribution in [2.24, 2.45) is 0 Å². The predicted molar refractivity (Wildman–Crippen MR) is 303 cm³/mol. The smallest absolute Gasteiger partial charge is 0.335 e. The Labute approximate surface area is 456 Å². The Bertz CT molecular complexity index is 1540. The molecule has 1 aliphatic heterocycles. The largest absolute Gasteiger partial charge is 0.479 e. The zero-order valence-electron chi connectivity index (χ0n) is 47.5. The van der Waals surface area contributed by atoms with E-state index in [2.05, 4.69) is 81.5 Å². The Morgan fingerprint density at radius 3 is 1.29 bits per heavy atom. The van der Waals surface area contributed by atoms with Gasteiger partial charge in [-0.1, -0.05) is 204 Å². The maximum absolute atomic E-state index is 13.1. The van der Waals surface area contributed by atoms with Crippen molar-refractivity contribution in [1.82, 2.24) is 0 Å². The Morgan fingerprint density at radius 2 is 0.813 bits per heavy atom. The van der Waals surface area contributed by atoms with Crippen molar-refractivity contribution < 1.29 is 58.2 Å². The maximum Gasteiger partial charge on any atom is 0.335 e. The monoisotopic (exact) mass is 1060 g/mol. The molecule has 1 aliphatic rings. The zero-order chi connectivity index (χ0) is 54.7. The van der Waals surface area contributed by atoms with E-state index in [0.29, 0.717) is 19.3 Å². The van der Waals surface area contributed by atoms with E-state index in [0.717, 1.165) is 128 Å². The number of hydrogen-bond donors (Lipinski definition) is 3. The predicted octanol–water partition coefficient (Wildman–Crippen LogP) is 15.6. The number of carbonyl (C=O) groups excluding carboxylic acids is 3. The van der Waals surface area contributed by atoms with Crippen LogP contribution in [0.25, 0.3) is 0 Å². The Morgan fingerprint density at radius 1 is 0.440 bits per heavy atom. The molecular weight excluding hydrogens is 949 g/mol. The lowest BCUT2D eigenvalue weighted by atomic mass is 9.98. The molecule has 6 unspecified atom stereocenters. The normalized spacial score (nSPS) is 18.5. The van der Waals surface area contributed by atoms with E-state index < -0.39 is 67.3 Å². The minimum absolute atomic E-state index is 0.0483. The highest BCUT2D eigenvalue weighted by Gasteiger charge is 2.50. The van der Waals surface area contributed by atoms with Gasteiger partial charge in [-0.3, -0.25) is 14.4 Å². The molecule has 1 saturated heterocycles. The Kier molecular flexibility index (Phi) is 47.4. The third-order valence-electron chi connectivity index (χ3n) is 13.5. The van der Waals surface area contributed by atoms with Crippen LogP contribution in [0.2, 0.25) is 0 Å². The van der Waals surface area contributed by atoms with Gasteiger partial charge in [0.1, 0.15) is 18.8 Å². The molecule has 0 saturated carbocycles. The van der Waals surface area contributed by atoms with Crippen LogP contribution in [0.4, 0.5) is 0 Å². The molecule has 12 heteroatoms. The van der Waals surface area contributed by atoms with E-state index in [9.17, 15) is 34.5 Å². The fraction of sp³-hybridized carbons (Fsp3) is 0.778. The number of carboxylic acids is 1. The number of rotatable bonds is 51. The lowest BCUT2D eigenvalue weighted by Gasteiger charge is -2.40. The molecule has 1 heterocycles. The summed E-state index contributed by atoms with van der Waals surface area (Å²) in [5.41, 5.74) is 0. The summed E-state index contributed by atoms with van der Waals surface area (Å²) in [6, 6.07) is 0. The summed E-state index contributed by atoms with van der Waals surface area (Å²) in [6.45, 7) is 5.90. The molecule has 432 valence electrons. The van der Waals surface area contributed by atoms with E-state index in [4.69, 9.17) is 23.7 Å². The molecule has 1 rings (SSSR count). The molecule has 3 N–H and O–H groups in total. The van der Waals surface area contributed by atoms with Gasteiger partial charge >= 0.3 is 23.9 Å². The number of hydrogen-bond acceptors (Lipinski definition) is 11. The molecule has 6 atom stereocenters. The van der Waals surface area contributed by atoms with Crippen molar-refractivity contribution in [3.63, 3.8) is 0 Å². The summed E-state index contributed by atoms with van der Waals surface area (Å²) in [5, 5.41) is 31.5. The third kappa shape index (κ3) is 41.2. The van der Waals surface area contributed by atoms with Gasteiger partial charge in [0.25, 0.3) is 0 Å². The minimum atomic E-state index is -1.91. The van der Waals surface area contributed by atoms with Crippen molar-refractivity contribution in [3.05, 3.63) is 60.8 Å². The number of unbranched alkanes of at least 4 members (excludes halogenated alkanes) is 27. The number of esters is 3. The number of carboxylic acid groups (broad SMARTS) is 1. The topological polar surface area (TPSA) is 175 Å². The third-order valence-corrected chi connectivity index (χ3v) is 13.5. The van der Waals surface area contributed by atoms with Crippen molar-refractivity contribution in [1.29, 1.82) is 0 Å². The molecule has 12 nitrogen and oxygen atoms in total. The fourth-order valence-electron chi connectivity index (χ4n) is 8.82. The number of carbonyl (C=O) groups is 4. The zero-order valence-corrected chi connectivity index (χ0v) is 47.5. The van der Waals surface area contributed by atoms with Crippen LogP contribution in [-0.2, 0) is 42.9 Å². The average molecular weight is 1060 g/mol. The van der Waals surface area contributed by atoms with Gasteiger partial charge in [-0.2, -0.15) is 0 Å². The molecule has 0 spiro atoms. The van der Waals surface area contributed by atoms with Gasteiger partial charge in [0.15, 0.2) is 24.6 Å². The summed E-state index contributed by atoms with van der Waals surface area (Å²) in [7, 11) is 0. The molecule has 0 bridgehead atoms. The lowest BCUT2D eigenvalue weighted by molar-refractivity contribution is -0.301. The molecule has 0 aliphatic carbocycles. The van der Waals surface area contributed by atoms with E-state index >= 15 is 0 Å². The van der Waals surface area contributed by atoms with E-state index in [1.807, 2.05) is 0 Å². The average Bonchev–Trinajstić information content (AvgIpc) is 3.39. The van der Waals surface area contributed by atoms with Crippen molar-refractivity contribution in [2.45, 2.75) is 302 Å². The number of allylic oxidation sites excluding steroid dienone is 10. The van der Waals surface area contributed by atoms with E-state index in [-0.39, 0.29) is 25.9 Å². The molecule has 1 fully saturated rings. The van der Waals surface area contributed by atoms with E-state index in [1.165, 1.54) is 77.0 Å². The SMILES string of the molecule is CCCC/C=C\CCCCCCCC(=O)OC(COC(=O)CCCCCCCC/C=C\C/C=C\C/C=C\CCCCC)COC1OC(C(=O)O)C(O)C(O)C1OC(=O)CCCCCCC/C=C\CCCCCCCC. The van der Waals surface area contributed by atoms with Crippen LogP contribution in [-0.4, -0.2) is 89.2 Å². The highest BCUT2D eigenvalue weighted by Crippen LogP contribution is 2.26. The van der Waals surface area contributed by atoms with Gasteiger partial charge in [0.2, 0.25) is 0 Å². The first-order valence-electron chi connectivity index (χ1n) is 30.3. The summed E-state index contributed by atoms with van der Waals surface area (Å²) < 4.78 is 28.4. The first-order chi connectivity index (χ1) is 36.6. The molecule has 0 aromatic rings. The minimum Gasteiger partial charge on any atom is -0.479 e. The molecular formula is C63H108O12. The number of aliphatic hydroxyl groups is 2. The van der Waals surface area contributed by atoms with Gasteiger partial charge in [-0.15, -0.1) is 0 Å². The van der Waals surface area contributed by atoms with E-state index in [1.54, 1.807) is 0 Å². The first-order valence-corrected chi connectivity index (χ1v) is 30.3. The van der Waals surface area contributed by atoms with Crippen LogP contribution in [0.15, 0.2) is 60.8 Å². The highest BCUT2D eigenvalue weighted by molar-refractivity contribution is 5.74. The highest BCUT2D eigenvalue weighted by atomic mass is 16.7. The summed E-state index contributed by atoms with van der Waals surface area (Å²) in [5.74, 6) is -3.15. The van der Waals surface area contributed by atoms with Crippen LogP contribution in [0.3, 0.4) is 0 Å². The standard InChI is InChI=1S/C63H108O12/c1-4-7-10-13-16-19-22-24-26-27-28-29-31-32-35-37-40-43-46-49-55(64)71-52-54(73-56(65)50-47-44-41-38-34-21-18-15-12-9-6-3)53-72-63-61(59(68)58(67)60(75-63)62(69)70)74-57(66)51-48-45-42-39-36-33-30-25-23-20-17-14-11-8-5-2/h15-16,18-19,24-26,28-30,54,58-61,63,67-68H,4-14,17,20-23,27,31-53H2,1-3H3,(H,69,70)/b18-15-,19-16-,26-24-,29-28-,30-25-. The summed E-state index contributed by atoms with van der Waals surface area (Å²) >= 11 is 0. The molecule has 0 radical (unpaired) electrons. The Balaban J connectivity index is 2.67. The maximum atomic E-state index is 13.1. The van der Waals surface area contributed by atoms with Crippen LogP contribution >= 0.6 is 0 Å². The van der Waals surface area contributed by atoms with Gasteiger partial charge < -0.3 is 39.0 Å². The summed E-state index contributed by atoms with van der Waals surface area (Å²) in [4.78, 5) is 51.1. The number of aliphatic hydroxyl groups excluding tert-OH is 2. The molecule has 75 heavy (non-hydrogen) atoms. The fourth-order valence-corrected chi connectivity index (χ4v) is 8.82. The van der Waals surface area contributed by atoms with Crippen LogP contribution in [0, 0.1) is 0 Å². The Hall–Kier alpha value is -3.58. The van der Waals surface area contributed by atoms with Crippen molar-refractivity contribution in [3.8, 4) is 0 Å². The van der Waals surface area contributed by atoms with Gasteiger partial charge in [0, 0.05) is 19.3 Å². The van der Waals surface area contributed by atoms with Gasteiger partial charge in [0.05, 0.1) is 6.61 Å². The van der Waals surface area contributed by atoms with Crippen molar-refractivity contribution in [2.75, 3.05) is 13.2 Å². The second-order valence-corrected chi connectivity index (χ2v) is 20.6.